The molecule has 0 saturated carbocycles. The molecule has 182 valence electrons. The van der Waals surface area contributed by atoms with Crippen LogP contribution in [-0.4, -0.2) is 69.9 Å². The van der Waals surface area contributed by atoms with E-state index >= 15 is 0 Å². The number of piperazine rings is 1. The number of aryl methyl sites for hydroxylation is 1. The number of nitrogens with zero attached hydrogens (tertiary/aromatic N) is 4. The fourth-order valence-electron chi connectivity index (χ4n) is 4.25. The average Bonchev–Trinajstić information content (AvgIpc) is 3.03. The summed E-state index contributed by atoms with van der Waals surface area (Å²) in [6.45, 7) is 16.0. The van der Waals surface area contributed by atoms with Crippen molar-refractivity contribution < 1.29 is 9.59 Å². The van der Waals surface area contributed by atoms with Gasteiger partial charge in [-0.25, -0.2) is 4.98 Å². The summed E-state index contributed by atoms with van der Waals surface area (Å²) in [7, 11) is 2.06. The van der Waals surface area contributed by atoms with E-state index in [0.29, 0.717) is 18.4 Å². The van der Waals surface area contributed by atoms with Gasteiger partial charge in [-0.15, -0.1) is 0 Å². The quantitative estimate of drug-likeness (QED) is 0.728. The van der Waals surface area contributed by atoms with Crippen LogP contribution in [0.25, 0.3) is 0 Å². The lowest BCUT2D eigenvalue weighted by Crippen LogP contribution is -2.57. The van der Waals surface area contributed by atoms with E-state index in [0.717, 1.165) is 57.1 Å². The maximum absolute atomic E-state index is 12.8. The number of carbonyl (C=O) groups is 2. The number of likely N-dealkylation sites (tertiary alicyclic amines) is 1. The second-order valence-corrected chi connectivity index (χ2v) is 10.5. The first-order valence-electron chi connectivity index (χ1n) is 12.4. The first-order chi connectivity index (χ1) is 15.1. The second-order valence-electron chi connectivity index (χ2n) is 10.5. The number of nitrogens with one attached hydrogen (secondary N) is 1. The normalized spacial score (nSPS) is 20.0. The van der Waals surface area contributed by atoms with Crippen LogP contribution in [0.15, 0.2) is 6.20 Å². The van der Waals surface area contributed by atoms with Gasteiger partial charge in [0.1, 0.15) is 5.82 Å². The van der Waals surface area contributed by atoms with Gasteiger partial charge in [0.25, 0.3) is 0 Å². The molecular formula is C25H45N5O2. The highest BCUT2D eigenvalue weighted by Gasteiger charge is 2.32. The zero-order valence-corrected chi connectivity index (χ0v) is 21.4. The van der Waals surface area contributed by atoms with Crippen LogP contribution >= 0.6 is 0 Å². The van der Waals surface area contributed by atoms with Gasteiger partial charge in [-0.05, 0) is 43.9 Å². The van der Waals surface area contributed by atoms with Crippen LogP contribution in [0.5, 0.6) is 0 Å². The van der Waals surface area contributed by atoms with Crippen LogP contribution in [0, 0.1) is 24.7 Å². The monoisotopic (exact) mass is 447 g/mol. The fourth-order valence-corrected chi connectivity index (χ4v) is 4.25. The number of hydrogen-bond acceptors (Lipinski definition) is 4. The van der Waals surface area contributed by atoms with Gasteiger partial charge in [0.15, 0.2) is 0 Å². The Morgan fingerprint density at radius 3 is 2.31 bits per heavy atom. The second kappa shape index (κ2) is 12.4. The maximum atomic E-state index is 12.8. The molecule has 32 heavy (non-hydrogen) atoms. The minimum Gasteiger partial charge on any atom is -0.341 e. The molecular weight excluding hydrogens is 402 g/mol. The Morgan fingerprint density at radius 2 is 1.78 bits per heavy atom. The van der Waals surface area contributed by atoms with Crippen molar-refractivity contribution >= 4 is 11.8 Å². The van der Waals surface area contributed by atoms with E-state index in [4.69, 9.17) is 0 Å². The zero-order valence-electron chi connectivity index (χ0n) is 21.4. The molecule has 2 aliphatic rings. The summed E-state index contributed by atoms with van der Waals surface area (Å²) in [6.07, 6.45) is 5.72. The number of carbonyl (C=O) groups excluding carboxylic acids is 2. The molecule has 0 bridgehead atoms. The molecule has 2 fully saturated rings. The van der Waals surface area contributed by atoms with Gasteiger partial charge in [0, 0.05) is 51.5 Å². The van der Waals surface area contributed by atoms with Crippen LogP contribution < -0.4 is 5.32 Å². The predicted octanol–water partition coefficient (Wildman–Crippen LogP) is 3.02. The maximum Gasteiger partial charge on any atom is 0.242 e. The van der Waals surface area contributed by atoms with E-state index in [1.807, 2.05) is 11.1 Å². The molecule has 1 N–H and O–H groups in total. The molecule has 1 aromatic heterocycles. The summed E-state index contributed by atoms with van der Waals surface area (Å²) in [4.78, 5) is 33.6. The molecule has 0 radical (unpaired) electrons. The van der Waals surface area contributed by atoms with Crippen molar-refractivity contribution in [2.75, 3.05) is 32.7 Å². The number of hydrogen-bond donors (Lipinski definition) is 1. The van der Waals surface area contributed by atoms with Crippen molar-refractivity contribution in [3.05, 3.63) is 17.7 Å². The molecule has 1 aromatic rings. The summed E-state index contributed by atoms with van der Waals surface area (Å²) in [5.74, 6) is 3.16. The third-order valence-electron chi connectivity index (χ3n) is 6.17. The molecule has 1 atom stereocenters. The van der Waals surface area contributed by atoms with Crippen molar-refractivity contribution in [1.82, 2.24) is 24.7 Å². The Labute approximate surface area is 194 Å². The highest BCUT2D eigenvalue weighted by Crippen LogP contribution is 2.22. The lowest BCUT2D eigenvalue weighted by molar-refractivity contribution is -0.144. The van der Waals surface area contributed by atoms with E-state index in [2.05, 4.69) is 63.5 Å². The molecule has 7 heteroatoms. The molecule has 0 spiro atoms. The van der Waals surface area contributed by atoms with E-state index in [-0.39, 0.29) is 24.4 Å². The van der Waals surface area contributed by atoms with Crippen molar-refractivity contribution in [3.8, 4) is 0 Å². The zero-order chi connectivity index (χ0) is 23.8. The van der Waals surface area contributed by atoms with Gasteiger partial charge < -0.3 is 19.7 Å². The Kier molecular flexibility index (Phi) is 10.2. The summed E-state index contributed by atoms with van der Waals surface area (Å²) in [5.41, 5.74) is 1.18. The number of rotatable bonds is 6. The summed E-state index contributed by atoms with van der Waals surface area (Å²) in [5, 5.41) is 3.29. The molecule has 2 amide bonds. The van der Waals surface area contributed by atoms with Crippen LogP contribution in [0.3, 0.4) is 0 Å². The first-order valence-corrected chi connectivity index (χ1v) is 12.4. The standard InChI is InChI=1S/C21H35N5O2.C4H10/c1-15(2)11-18-21(28)26(10-7-22-18)14-20(27)25-8-5-17(6-9-25)12-19-23-13-16(3)24(19)4;1-4(2)3/h13,15,17-18,22H,5-12,14H2,1-4H3;4H,1-3H3. The van der Waals surface area contributed by atoms with E-state index < -0.39 is 0 Å². The summed E-state index contributed by atoms with van der Waals surface area (Å²) in [6, 6.07) is -0.145. The van der Waals surface area contributed by atoms with Gasteiger partial charge in [-0.1, -0.05) is 34.6 Å². The van der Waals surface area contributed by atoms with Gasteiger partial charge in [0.2, 0.25) is 11.8 Å². The topological polar surface area (TPSA) is 70.5 Å². The van der Waals surface area contributed by atoms with Crippen LogP contribution in [-0.2, 0) is 23.1 Å². The lowest BCUT2D eigenvalue weighted by atomic mass is 9.93. The highest BCUT2D eigenvalue weighted by atomic mass is 16.2. The minimum absolute atomic E-state index is 0.0772. The molecule has 0 aliphatic carbocycles. The molecule has 1 unspecified atom stereocenters. The molecule has 3 heterocycles. The average molecular weight is 448 g/mol. The van der Waals surface area contributed by atoms with Crippen molar-refractivity contribution in [2.45, 2.75) is 73.3 Å². The molecule has 3 rings (SSSR count). The summed E-state index contributed by atoms with van der Waals surface area (Å²) >= 11 is 0. The summed E-state index contributed by atoms with van der Waals surface area (Å²) < 4.78 is 2.15. The smallest absolute Gasteiger partial charge is 0.242 e. The van der Waals surface area contributed by atoms with Gasteiger partial charge >= 0.3 is 0 Å². The van der Waals surface area contributed by atoms with Gasteiger partial charge in [-0.2, -0.15) is 0 Å². The number of imidazole rings is 1. The first kappa shape index (κ1) is 26.4. The van der Waals surface area contributed by atoms with E-state index in [9.17, 15) is 9.59 Å². The highest BCUT2D eigenvalue weighted by molar-refractivity contribution is 5.88. The SMILES string of the molecule is CC(C)C.Cc1cnc(CC2CCN(C(=O)CN3CCNC(CC(C)C)C3=O)CC2)n1C. The van der Waals surface area contributed by atoms with Crippen LogP contribution in [0.4, 0.5) is 0 Å². The van der Waals surface area contributed by atoms with Crippen molar-refractivity contribution in [1.29, 1.82) is 0 Å². The number of piperidine rings is 1. The Hall–Kier alpha value is -1.89. The molecule has 0 aromatic carbocycles. The van der Waals surface area contributed by atoms with E-state index in [1.54, 1.807) is 4.90 Å². The third kappa shape index (κ3) is 7.91. The Morgan fingerprint density at radius 1 is 1.16 bits per heavy atom. The van der Waals surface area contributed by atoms with Crippen LogP contribution in [0.1, 0.15) is 65.4 Å². The van der Waals surface area contributed by atoms with Gasteiger partial charge in [-0.3, -0.25) is 9.59 Å². The molecule has 7 nitrogen and oxygen atoms in total. The molecule has 2 saturated heterocycles. The number of aromatic nitrogens is 2. The van der Waals surface area contributed by atoms with Gasteiger partial charge in [0.05, 0.1) is 12.6 Å². The van der Waals surface area contributed by atoms with Crippen LogP contribution in [0.2, 0.25) is 0 Å². The minimum atomic E-state index is -0.145. The molecule has 2 aliphatic heterocycles. The lowest BCUT2D eigenvalue weighted by Gasteiger charge is -2.36. The Balaban J connectivity index is 0.000000837. The largest absolute Gasteiger partial charge is 0.341 e. The van der Waals surface area contributed by atoms with Crippen molar-refractivity contribution in [3.63, 3.8) is 0 Å². The third-order valence-corrected chi connectivity index (χ3v) is 6.17. The van der Waals surface area contributed by atoms with E-state index in [1.165, 1.54) is 5.69 Å². The Bertz CT molecular complexity index is 732. The number of amides is 2. The predicted molar refractivity (Wildman–Crippen MR) is 129 cm³/mol. The fraction of sp³-hybridized carbons (Fsp3) is 0.800. The van der Waals surface area contributed by atoms with Crippen molar-refractivity contribution in [2.24, 2.45) is 24.8 Å².